The number of ketones is 3. The first-order valence-electron chi connectivity index (χ1n) is 14.3. The second-order valence-corrected chi connectivity index (χ2v) is 9.63. The number of nitrogens with zero attached hydrogens (tertiary/aromatic N) is 2. The van der Waals surface area contributed by atoms with E-state index in [9.17, 15) is 47.9 Å². The maximum absolute atomic E-state index is 12.7. The number of hydrogen-bond donors (Lipinski definition) is 3. The molecule has 0 radical (unpaired) electrons. The summed E-state index contributed by atoms with van der Waals surface area (Å²) in [7, 11) is 2.18. The van der Waals surface area contributed by atoms with Gasteiger partial charge in [-0.05, 0) is 6.92 Å². The van der Waals surface area contributed by atoms with E-state index in [0.717, 1.165) is 24.0 Å². The molecule has 0 aromatic heterocycles. The molecule has 17 heteroatoms. The highest BCUT2D eigenvalue weighted by Crippen LogP contribution is 2.03. The van der Waals surface area contributed by atoms with E-state index in [1.165, 1.54) is 0 Å². The highest BCUT2D eigenvalue weighted by Gasteiger charge is 2.23. The Hall–Kier alpha value is -4.70. The van der Waals surface area contributed by atoms with Crippen molar-refractivity contribution in [2.45, 2.75) is 58.8 Å². The van der Waals surface area contributed by atoms with Gasteiger partial charge in [0.15, 0.2) is 11.6 Å². The molecule has 0 bridgehead atoms. The third-order valence-electron chi connectivity index (χ3n) is 6.07. The van der Waals surface area contributed by atoms with Crippen LogP contribution in [0.25, 0.3) is 0 Å². The van der Waals surface area contributed by atoms with Gasteiger partial charge in [0.2, 0.25) is 29.5 Å². The van der Waals surface area contributed by atoms with Crippen molar-refractivity contribution in [3.63, 3.8) is 0 Å². The van der Waals surface area contributed by atoms with Gasteiger partial charge in [0.1, 0.15) is 32.0 Å². The highest BCUT2D eigenvalue weighted by atomic mass is 16.5. The maximum atomic E-state index is 12.7. The molecule has 0 fully saturated rings. The number of rotatable bonds is 23. The van der Waals surface area contributed by atoms with E-state index in [1.807, 2.05) is 0 Å². The van der Waals surface area contributed by atoms with Crippen molar-refractivity contribution in [1.82, 2.24) is 25.8 Å². The standard InChI is InChI=1S/C28H43N5O12/c1-5-19(34)8-11-25(40)32(17-27(42)44-3)15-24(39)31-14-21(36)9-12-26(41)33(18-28(43)45-4)16-23(38)30-13-20(35)7-10-22(37)29-6-2/h5-18H2,1-4H3,(H,29,37)(H,30,38)(H,31,39). The zero-order valence-electron chi connectivity index (χ0n) is 26.2. The molecule has 0 aliphatic heterocycles. The lowest BCUT2D eigenvalue weighted by molar-refractivity contribution is -0.148. The molecule has 45 heavy (non-hydrogen) atoms. The summed E-state index contributed by atoms with van der Waals surface area (Å²) in [5.41, 5.74) is 0. The number of carbonyl (C=O) groups excluding carboxylic acids is 10. The van der Waals surface area contributed by atoms with E-state index >= 15 is 0 Å². The molecule has 0 spiro atoms. The molecule has 252 valence electrons. The summed E-state index contributed by atoms with van der Waals surface area (Å²) in [6.45, 7) is 0.520. The number of amides is 5. The van der Waals surface area contributed by atoms with Crippen LogP contribution in [0, 0.1) is 0 Å². The molecule has 3 N–H and O–H groups in total. The summed E-state index contributed by atoms with van der Waals surface area (Å²) in [5, 5.41) is 7.14. The van der Waals surface area contributed by atoms with Crippen molar-refractivity contribution < 1.29 is 57.4 Å². The minimum Gasteiger partial charge on any atom is -0.468 e. The summed E-state index contributed by atoms with van der Waals surface area (Å²) in [5.74, 6) is -6.04. The predicted molar refractivity (Wildman–Crippen MR) is 155 cm³/mol. The largest absolute Gasteiger partial charge is 0.468 e. The van der Waals surface area contributed by atoms with E-state index in [-0.39, 0.29) is 50.2 Å². The van der Waals surface area contributed by atoms with E-state index in [0.29, 0.717) is 6.54 Å². The molecule has 0 atom stereocenters. The Morgan fingerprint density at radius 3 is 1.27 bits per heavy atom. The first-order valence-corrected chi connectivity index (χ1v) is 14.3. The van der Waals surface area contributed by atoms with Crippen LogP contribution in [0.2, 0.25) is 0 Å². The van der Waals surface area contributed by atoms with Crippen LogP contribution in [0.1, 0.15) is 58.8 Å². The van der Waals surface area contributed by atoms with Gasteiger partial charge in [-0.3, -0.25) is 47.9 Å². The third-order valence-corrected chi connectivity index (χ3v) is 6.07. The number of esters is 2. The topological polar surface area (TPSA) is 232 Å². The highest BCUT2D eigenvalue weighted by molar-refractivity contribution is 5.94. The van der Waals surface area contributed by atoms with Crippen LogP contribution in [-0.2, 0) is 57.4 Å². The fourth-order valence-corrected chi connectivity index (χ4v) is 3.46. The van der Waals surface area contributed by atoms with Crippen LogP contribution in [0.15, 0.2) is 0 Å². The monoisotopic (exact) mass is 641 g/mol. The molecule has 0 heterocycles. The summed E-state index contributed by atoms with van der Waals surface area (Å²) in [6, 6.07) is 0. The minimum atomic E-state index is -0.835. The van der Waals surface area contributed by atoms with Crippen molar-refractivity contribution in [1.29, 1.82) is 0 Å². The lowest BCUT2D eigenvalue weighted by Gasteiger charge is -2.21. The smallest absolute Gasteiger partial charge is 0.325 e. The van der Waals surface area contributed by atoms with E-state index in [2.05, 4.69) is 25.4 Å². The van der Waals surface area contributed by atoms with Crippen molar-refractivity contribution in [3.05, 3.63) is 0 Å². The van der Waals surface area contributed by atoms with Crippen LogP contribution in [-0.4, -0.2) is 129 Å². The summed E-state index contributed by atoms with van der Waals surface area (Å²) in [4.78, 5) is 122. The van der Waals surface area contributed by atoms with Crippen LogP contribution in [0.5, 0.6) is 0 Å². The molecule has 0 rings (SSSR count). The summed E-state index contributed by atoms with van der Waals surface area (Å²) in [6.07, 6.45) is -1.00. The van der Waals surface area contributed by atoms with Gasteiger partial charge in [-0.1, -0.05) is 6.92 Å². The van der Waals surface area contributed by atoms with Gasteiger partial charge in [0.05, 0.1) is 27.3 Å². The van der Waals surface area contributed by atoms with Crippen LogP contribution < -0.4 is 16.0 Å². The van der Waals surface area contributed by atoms with Gasteiger partial charge in [0, 0.05) is 51.5 Å². The molecule has 0 unspecified atom stereocenters. The van der Waals surface area contributed by atoms with Crippen molar-refractivity contribution in [3.8, 4) is 0 Å². The van der Waals surface area contributed by atoms with Gasteiger partial charge in [-0.2, -0.15) is 0 Å². The maximum Gasteiger partial charge on any atom is 0.325 e. The molecule has 0 aliphatic rings. The Morgan fingerprint density at radius 2 is 0.889 bits per heavy atom. The van der Waals surface area contributed by atoms with E-state index in [4.69, 9.17) is 0 Å². The summed E-state index contributed by atoms with van der Waals surface area (Å²) < 4.78 is 9.07. The lowest BCUT2D eigenvalue weighted by Crippen LogP contribution is -2.45. The second-order valence-electron chi connectivity index (χ2n) is 9.63. The van der Waals surface area contributed by atoms with Gasteiger partial charge in [-0.25, -0.2) is 0 Å². The number of hydrogen-bond acceptors (Lipinski definition) is 12. The fourth-order valence-electron chi connectivity index (χ4n) is 3.46. The first kappa shape index (κ1) is 40.3. The molecule has 0 aromatic rings. The number of carbonyl (C=O) groups is 10. The van der Waals surface area contributed by atoms with Gasteiger partial charge in [0.25, 0.3) is 0 Å². The second kappa shape index (κ2) is 22.8. The van der Waals surface area contributed by atoms with Gasteiger partial charge >= 0.3 is 11.9 Å². The molecule has 5 amide bonds. The number of methoxy groups -OCH3 is 2. The average Bonchev–Trinajstić information content (AvgIpc) is 3.01. The molecule has 0 aliphatic carbocycles. The fraction of sp³-hybridized carbons (Fsp3) is 0.643. The van der Waals surface area contributed by atoms with Crippen LogP contribution >= 0.6 is 0 Å². The quantitative estimate of drug-likeness (QED) is 0.101. The molecule has 0 saturated carbocycles. The molecule has 17 nitrogen and oxygen atoms in total. The third kappa shape index (κ3) is 19.2. The average molecular weight is 642 g/mol. The zero-order valence-corrected chi connectivity index (χ0v) is 26.2. The van der Waals surface area contributed by atoms with E-state index in [1.54, 1.807) is 13.8 Å². The SMILES string of the molecule is CCNC(=O)CCC(=O)CNC(=O)CN(CC(=O)OC)C(=O)CCC(=O)CNC(=O)CN(CC(=O)OC)C(=O)CCC(=O)CC. The summed E-state index contributed by atoms with van der Waals surface area (Å²) >= 11 is 0. The van der Waals surface area contributed by atoms with E-state index < -0.39 is 92.8 Å². The zero-order chi connectivity index (χ0) is 34.4. The Bertz CT molecular complexity index is 1110. The number of ether oxygens (including phenoxy) is 2. The number of Topliss-reactive ketones (excluding diaryl/α,β-unsaturated/α-hetero) is 3. The minimum absolute atomic E-state index is 0.0466. The lowest BCUT2D eigenvalue weighted by atomic mass is 10.1. The molecular formula is C28H43N5O12. The van der Waals surface area contributed by atoms with Crippen LogP contribution in [0.3, 0.4) is 0 Å². The Labute approximate surface area is 261 Å². The first-order chi connectivity index (χ1) is 21.3. The van der Waals surface area contributed by atoms with Crippen molar-refractivity contribution >= 4 is 58.8 Å². The van der Waals surface area contributed by atoms with Crippen molar-refractivity contribution in [2.24, 2.45) is 0 Å². The number of nitrogens with one attached hydrogen (secondary N) is 3. The Kier molecular flexibility index (Phi) is 20.4. The normalized spacial score (nSPS) is 10.1. The Balaban J connectivity index is 4.93. The van der Waals surface area contributed by atoms with Crippen LogP contribution in [0.4, 0.5) is 0 Å². The Morgan fingerprint density at radius 1 is 0.489 bits per heavy atom. The van der Waals surface area contributed by atoms with Crippen molar-refractivity contribution in [2.75, 3.05) is 60.0 Å². The van der Waals surface area contributed by atoms with Gasteiger partial charge in [-0.15, -0.1) is 0 Å². The molecule has 0 aromatic carbocycles. The predicted octanol–water partition coefficient (Wildman–Crippen LogP) is -2.18. The molecule has 0 saturated heterocycles. The van der Waals surface area contributed by atoms with Gasteiger partial charge < -0.3 is 35.2 Å². The molecular weight excluding hydrogens is 598 g/mol.